The van der Waals surface area contributed by atoms with Crippen molar-refractivity contribution in [1.82, 2.24) is 14.7 Å². The Labute approximate surface area is 87.9 Å². The molecule has 0 saturated carbocycles. The maximum absolute atomic E-state index is 11.3. The van der Waals surface area contributed by atoms with Crippen LogP contribution in [-0.2, 0) is 11.2 Å². The predicted octanol–water partition coefficient (Wildman–Crippen LogP) is 1.01. The van der Waals surface area contributed by atoms with Crippen molar-refractivity contribution < 1.29 is 4.79 Å². The van der Waals surface area contributed by atoms with Gasteiger partial charge in [-0.25, -0.2) is 4.98 Å². The van der Waals surface area contributed by atoms with Gasteiger partial charge in [0.25, 0.3) is 0 Å². The van der Waals surface area contributed by atoms with Crippen LogP contribution in [0.5, 0.6) is 0 Å². The number of carbonyl (C=O) groups is 1. The van der Waals surface area contributed by atoms with Crippen molar-refractivity contribution in [3.63, 3.8) is 0 Å². The molecule has 0 spiro atoms. The second-order valence-electron chi connectivity index (χ2n) is 3.33. The number of rotatable bonds is 3. The molecule has 0 aromatic carbocycles. The lowest BCUT2D eigenvalue weighted by Crippen LogP contribution is -2.24. The first-order chi connectivity index (χ1) is 7.29. The van der Waals surface area contributed by atoms with Gasteiger partial charge in [0, 0.05) is 18.9 Å². The van der Waals surface area contributed by atoms with E-state index < -0.39 is 0 Å². The second kappa shape index (κ2) is 4.13. The summed E-state index contributed by atoms with van der Waals surface area (Å²) in [6.07, 6.45) is 4.14. The molecular weight excluding hydrogens is 190 g/mol. The molecule has 0 unspecified atom stereocenters. The highest BCUT2D eigenvalue weighted by molar-refractivity contribution is 5.78. The third-order valence-corrected chi connectivity index (χ3v) is 2.13. The molecule has 0 aliphatic heterocycles. The molecular formula is C11H13N3O. The lowest BCUT2D eigenvalue weighted by Gasteiger charge is -1.97. The van der Waals surface area contributed by atoms with E-state index in [2.05, 4.69) is 10.3 Å². The van der Waals surface area contributed by atoms with Gasteiger partial charge in [0.1, 0.15) is 5.65 Å². The first-order valence-corrected chi connectivity index (χ1v) is 4.99. The zero-order valence-electron chi connectivity index (χ0n) is 8.60. The van der Waals surface area contributed by atoms with Crippen LogP contribution in [0.3, 0.4) is 0 Å². The minimum atomic E-state index is 0.0147. The molecule has 0 saturated heterocycles. The highest BCUT2D eigenvalue weighted by Crippen LogP contribution is 2.04. The van der Waals surface area contributed by atoms with E-state index in [0.29, 0.717) is 13.0 Å². The average molecular weight is 203 g/mol. The molecule has 2 heterocycles. The normalized spacial score (nSPS) is 10.5. The zero-order valence-corrected chi connectivity index (χ0v) is 8.60. The Bertz CT molecular complexity index is 442. The second-order valence-corrected chi connectivity index (χ2v) is 3.33. The third-order valence-electron chi connectivity index (χ3n) is 2.13. The Morgan fingerprint density at radius 2 is 2.40 bits per heavy atom. The van der Waals surface area contributed by atoms with Gasteiger partial charge in [0.15, 0.2) is 0 Å². The molecule has 0 fully saturated rings. The van der Waals surface area contributed by atoms with Crippen molar-refractivity contribution in [3.05, 3.63) is 36.3 Å². The Morgan fingerprint density at radius 1 is 1.53 bits per heavy atom. The molecule has 78 valence electrons. The maximum Gasteiger partial charge on any atom is 0.226 e. The van der Waals surface area contributed by atoms with E-state index in [1.807, 2.05) is 41.9 Å². The molecule has 4 heteroatoms. The zero-order chi connectivity index (χ0) is 10.7. The smallest absolute Gasteiger partial charge is 0.226 e. The standard InChI is InChI=1S/C11H13N3O/c1-2-12-11(15)7-9-8-14-6-4-3-5-10(14)13-9/h3-6,8H,2,7H2,1H3,(H,12,15). The highest BCUT2D eigenvalue weighted by Gasteiger charge is 2.05. The maximum atomic E-state index is 11.3. The number of likely N-dealkylation sites (N-methyl/N-ethyl adjacent to an activating group) is 1. The number of pyridine rings is 1. The highest BCUT2D eigenvalue weighted by atomic mass is 16.1. The van der Waals surface area contributed by atoms with Gasteiger partial charge in [-0.2, -0.15) is 0 Å². The van der Waals surface area contributed by atoms with Crippen LogP contribution in [-0.4, -0.2) is 21.8 Å². The summed E-state index contributed by atoms with van der Waals surface area (Å²) < 4.78 is 1.91. The van der Waals surface area contributed by atoms with E-state index in [1.54, 1.807) is 0 Å². The summed E-state index contributed by atoms with van der Waals surface area (Å²) in [6, 6.07) is 5.78. The number of imidazole rings is 1. The molecule has 1 N–H and O–H groups in total. The summed E-state index contributed by atoms with van der Waals surface area (Å²) >= 11 is 0. The summed E-state index contributed by atoms with van der Waals surface area (Å²) in [5, 5.41) is 2.75. The van der Waals surface area contributed by atoms with Crippen molar-refractivity contribution >= 4 is 11.6 Å². The van der Waals surface area contributed by atoms with Crippen molar-refractivity contribution in [2.75, 3.05) is 6.54 Å². The van der Waals surface area contributed by atoms with E-state index in [-0.39, 0.29) is 5.91 Å². The number of carbonyl (C=O) groups excluding carboxylic acids is 1. The molecule has 0 atom stereocenters. The average Bonchev–Trinajstić information content (AvgIpc) is 2.59. The first kappa shape index (κ1) is 9.71. The molecule has 1 amide bonds. The topological polar surface area (TPSA) is 46.4 Å². The van der Waals surface area contributed by atoms with Crippen LogP contribution in [0.4, 0.5) is 0 Å². The number of hydrogen-bond acceptors (Lipinski definition) is 2. The summed E-state index contributed by atoms with van der Waals surface area (Å²) in [4.78, 5) is 15.7. The Hall–Kier alpha value is -1.84. The minimum absolute atomic E-state index is 0.0147. The molecule has 2 rings (SSSR count). The van der Waals surface area contributed by atoms with E-state index >= 15 is 0 Å². The van der Waals surface area contributed by atoms with Gasteiger partial charge < -0.3 is 9.72 Å². The summed E-state index contributed by atoms with van der Waals surface area (Å²) in [7, 11) is 0. The quantitative estimate of drug-likeness (QED) is 0.809. The van der Waals surface area contributed by atoms with Crippen molar-refractivity contribution in [1.29, 1.82) is 0 Å². The van der Waals surface area contributed by atoms with Gasteiger partial charge in [0.05, 0.1) is 12.1 Å². The van der Waals surface area contributed by atoms with Crippen LogP contribution in [0, 0.1) is 0 Å². The number of nitrogens with one attached hydrogen (secondary N) is 1. The number of fused-ring (bicyclic) bond motifs is 1. The molecule has 0 aliphatic rings. The van der Waals surface area contributed by atoms with Crippen LogP contribution >= 0.6 is 0 Å². The van der Waals surface area contributed by atoms with Crippen LogP contribution in [0.15, 0.2) is 30.6 Å². The molecule has 0 aliphatic carbocycles. The van der Waals surface area contributed by atoms with Gasteiger partial charge in [-0.1, -0.05) is 6.07 Å². The summed E-state index contributed by atoms with van der Waals surface area (Å²) in [6.45, 7) is 2.56. The van der Waals surface area contributed by atoms with Crippen molar-refractivity contribution in [2.24, 2.45) is 0 Å². The Kier molecular flexibility index (Phi) is 2.67. The van der Waals surface area contributed by atoms with Crippen LogP contribution < -0.4 is 5.32 Å². The molecule has 2 aromatic heterocycles. The molecule has 4 nitrogen and oxygen atoms in total. The summed E-state index contributed by atoms with van der Waals surface area (Å²) in [5.41, 5.74) is 1.67. The molecule has 15 heavy (non-hydrogen) atoms. The lowest BCUT2D eigenvalue weighted by molar-refractivity contribution is -0.120. The van der Waals surface area contributed by atoms with E-state index in [1.165, 1.54) is 0 Å². The number of nitrogens with zero attached hydrogens (tertiary/aromatic N) is 2. The number of aromatic nitrogens is 2. The monoisotopic (exact) mass is 203 g/mol. The summed E-state index contributed by atoms with van der Waals surface area (Å²) in [5.74, 6) is 0.0147. The fraction of sp³-hybridized carbons (Fsp3) is 0.273. The van der Waals surface area contributed by atoms with Crippen LogP contribution in [0.2, 0.25) is 0 Å². The van der Waals surface area contributed by atoms with Crippen molar-refractivity contribution in [2.45, 2.75) is 13.3 Å². The van der Waals surface area contributed by atoms with Crippen molar-refractivity contribution in [3.8, 4) is 0 Å². The largest absolute Gasteiger partial charge is 0.356 e. The molecule has 2 aromatic rings. The van der Waals surface area contributed by atoms with E-state index in [0.717, 1.165) is 11.3 Å². The number of hydrogen-bond donors (Lipinski definition) is 1. The van der Waals surface area contributed by atoms with Gasteiger partial charge >= 0.3 is 0 Å². The van der Waals surface area contributed by atoms with Gasteiger partial charge in [-0.05, 0) is 19.1 Å². The SMILES string of the molecule is CCNC(=O)Cc1cn2ccccc2n1. The minimum Gasteiger partial charge on any atom is -0.356 e. The predicted molar refractivity (Wildman–Crippen MR) is 57.6 cm³/mol. The fourth-order valence-electron chi connectivity index (χ4n) is 1.50. The lowest BCUT2D eigenvalue weighted by atomic mass is 10.3. The third kappa shape index (κ3) is 2.15. The van der Waals surface area contributed by atoms with E-state index in [9.17, 15) is 4.79 Å². The first-order valence-electron chi connectivity index (χ1n) is 4.99. The van der Waals surface area contributed by atoms with Gasteiger partial charge in [-0.3, -0.25) is 4.79 Å². The Morgan fingerprint density at radius 3 is 3.13 bits per heavy atom. The van der Waals surface area contributed by atoms with Crippen LogP contribution in [0.25, 0.3) is 5.65 Å². The fourth-order valence-corrected chi connectivity index (χ4v) is 1.50. The van der Waals surface area contributed by atoms with Gasteiger partial charge in [0.2, 0.25) is 5.91 Å². The van der Waals surface area contributed by atoms with E-state index in [4.69, 9.17) is 0 Å². The molecule has 0 radical (unpaired) electrons. The van der Waals surface area contributed by atoms with Crippen LogP contribution in [0.1, 0.15) is 12.6 Å². The van der Waals surface area contributed by atoms with Gasteiger partial charge in [-0.15, -0.1) is 0 Å². The number of amides is 1. The Balaban J connectivity index is 2.18. The molecule has 0 bridgehead atoms.